The minimum absolute atomic E-state index is 0.492. The third-order valence-corrected chi connectivity index (χ3v) is 4.53. The van der Waals surface area contributed by atoms with Crippen molar-refractivity contribution in [1.29, 1.82) is 0 Å². The van der Waals surface area contributed by atoms with E-state index in [1.54, 1.807) is 22.7 Å². The minimum Gasteiger partial charge on any atom is -0.313 e. The van der Waals surface area contributed by atoms with E-state index < -0.39 is 0 Å². The highest BCUT2D eigenvalue weighted by atomic mass is 32.1. The number of thiophene rings is 2. The lowest BCUT2D eigenvalue weighted by atomic mass is 10.00. The lowest BCUT2D eigenvalue weighted by molar-refractivity contribution is 0.549. The molecule has 0 aliphatic rings. The van der Waals surface area contributed by atoms with Crippen molar-refractivity contribution in [3.63, 3.8) is 0 Å². The van der Waals surface area contributed by atoms with Gasteiger partial charge in [0.25, 0.3) is 0 Å². The van der Waals surface area contributed by atoms with Crippen LogP contribution >= 0.6 is 22.7 Å². The molecule has 0 amide bonds. The molecular weight excluding hydrogens is 234 g/mol. The lowest BCUT2D eigenvalue weighted by Gasteiger charge is -2.15. The average Bonchev–Trinajstić information content (AvgIpc) is 2.92. The second kappa shape index (κ2) is 5.62. The highest BCUT2D eigenvalue weighted by molar-refractivity contribution is 7.08. The van der Waals surface area contributed by atoms with Gasteiger partial charge >= 0.3 is 0 Å². The van der Waals surface area contributed by atoms with Gasteiger partial charge in [-0.2, -0.15) is 22.7 Å². The summed E-state index contributed by atoms with van der Waals surface area (Å²) >= 11 is 3.58. The highest BCUT2D eigenvalue weighted by Gasteiger charge is 2.12. The van der Waals surface area contributed by atoms with E-state index in [1.165, 1.54) is 23.1 Å². The van der Waals surface area contributed by atoms with Crippen LogP contribution in [0, 0.1) is 6.92 Å². The maximum atomic E-state index is 3.42. The van der Waals surface area contributed by atoms with Crippen molar-refractivity contribution in [2.45, 2.75) is 25.8 Å². The van der Waals surface area contributed by atoms with Crippen LogP contribution in [-0.4, -0.2) is 7.05 Å². The van der Waals surface area contributed by atoms with Gasteiger partial charge < -0.3 is 5.32 Å². The van der Waals surface area contributed by atoms with Crippen molar-refractivity contribution in [3.8, 4) is 0 Å². The number of hydrogen-bond donors (Lipinski definition) is 1. The lowest BCUT2D eigenvalue weighted by Crippen LogP contribution is -2.17. The second-order valence-electron chi connectivity index (χ2n) is 4.02. The highest BCUT2D eigenvalue weighted by Crippen LogP contribution is 2.25. The Hall–Kier alpha value is -0.640. The van der Waals surface area contributed by atoms with E-state index in [2.05, 4.69) is 46.9 Å². The number of hydrogen-bond acceptors (Lipinski definition) is 3. The fraction of sp³-hybridized carbons (Fsp3) is 0.385. The Morgan fingerprint density at radius 1 is 1.25 bits per heavy atom. The van der Waals surface area contributed by atoms with E-state index in [-0.39, 0.29) is 0 Å². The standard InChI is InChI=1S/C13H17NS2/c1-10-7-16-9-12(10)13(14-2)4-3-11-5-6-15-8-11/h5-9,13-14H,3-4H2,1-2H3. The monoisotopic (exact) mass is 251 g/mol. The van der Waals surface area contributed by atoms with Gasteiger partial charge in [0.05, 0.1) is 0 Å². The Morgan fingerprint density at radius 3 is 2.69 bits per heavy atom. The molecule has 0 saturated heterocycles. The van der Waals surface area contributed by atoms with Crippen LogP contribution in [-0.2, 0) is 6.42 Å². The van der Waals surface area contributed by atoms with E-state index in [4.69, 9.17) is 0 Å². The summed E-state index contributed by atoms with van der Waals surface area (Å²) in [7, 11) is 2.05. The van der Waals surface area contributed by atoms with E-state index >= 15 is 0 Å². The fourth-order valence-electron chi connectivity index (χ4n) is 1.93. The van der Waals surface area contributed by atoms with Crippen molar-refractivity contribution >= 4 is 22.7 Å². The van der Waals surface area contributed by atoms with Crippen molar-refractivity contribution in [3.05, 3.63) is 44.3 Å². The summed E-state index contributed by atoms with van der Waals surface area (Å²) in [5.74, 6) is 0. The topological polar surface area (TPSA) is 12.0 Å². The first-order valence-electron chi connectivity index (χ1n) is 5.52. The molecule has 0 spiro atoms. The molecule has 1 unspecified atom stereocenters. The van der Waals surface area contributed by atoms with Crippen LogP contribution in [0.4, 0.5) is 0 Å². The van der Waals surface area contributed by atoms with E-state index in [0.717, 1.165) is 6.42 Å². The Kier molecular flexibility index (Phi) is 4.16. The number of nitrogens with one attached hydrogen (secondary N) is 1. The van der Waals surface area contributed by atoms with Crippen molar-refractivity contribution in [2.75, 3.05) is 7.05 Å². The Labute approximate surface area is 105 Å². The van der Waals surface area contributed by atoms with Crippen LogP contribution < -0.4 is 5.32 Å². The summed E-state index contributed by atoms with van der Waals surface area (Å²) in [6.07, 6.45) is 2.33. The summed E-state index contributed by atoms with van der Waals surface area (Å²) in [6, 6.07) is 2.71. The molecular formula is C13H17NS2. The Morgan fingerprint density at radius 2 is 2.12 bits per heavy atom. The maximum absolute atomic E-state index is 3.42. The number of rotatable bonds is 5. The smallest absolute Gasteiger partial charge is 0.0331 e. The average molecular weight is 251 g/mol. The van der Waals surface area contributed by atoms with Crippen LogP contribution in [0.2, 0.25) is 0 Å². The summed E-state index contributed by atoms with van der Waals surface area (Å²) < 4.78 is 0. The van der Waals surface area contributed by atoms with Crippen molar-refractivity contribution < 1.29 is 0 Å². The van der Waals surface area contributed by atoms with Crippen molar-refractivity contribution in [2.24, 2.45) is 0 Å². The van der Waals surface area contributed by atoms with Gasteiger partial charge in [-0.1, -0.05) is 0 Å². The summed E-state index contributed by atoms with van der Waals surface area (Å²) in [5, 5.41) is 12.3. The summed E-state index contributed by atoms with van der Waals surface area (Å²) in [4.78, 5) is 0. The van der Waals surface area contributed by atoms with E-state index in [1.807, 2.05) is 0 Å². The maximum Gasteiger partial charge on any atom is 0.0331 e. The molecule has 16 heavy (non-hydrogen) atoms. The molecule has 0 aliphatic carbocycles. The molecule has 1 N–H and O–H groups in total. The molecule has 0 aromatic carbocycles. The van der Waals surface area contributed by atoms with Crippen molar-refractivity contribution in [1.82, 2.24) is 5.32 Å². The first-order valence-corrected chi connectivity index (χ1v) is 7.41. The van der Waals surface area contributed by atoms with E-state index in [0.29, 0.717) is 6.04 Å². The van der Waals surface area contributed by atoms with Gasteiger partial charge in [0.1, 0.15) is 0 Å². The zero-order valence-electron chi connectivity index (χ0n) is 9.69. The minimum atomic E-state index is 0.492. The normalized spacial score (nSPS) is 12.9. The van der Waals surface area contributed by atoms with Crippen LogP contribution in [0.1, 0.15) is 29.2 Å². The zero-order valence-corrected chi connectivity index (χ0v) is 11.3. The molecule has 2 heterocycles. The van der Waals surface area contributed by atoms with Gasteiger partial charge in [-0.25, -0.2) is 0 Å². The summed E-state index contributed by atoms with van der Waals surface area (Å²) in [5.41, 5.74) is 4.33. The Balaban J connectivity index is 1.99. The number of aryl methyl sites for hydroxylation is 2. The fourth-order valence-corrected chi connectivity index (χ4v) is 3.54. The summed E-state index contributed by atoms with van der Waals surface area (Å²) in [6.45, 7) is 2.20. The van der Waals surface area contributed by atoms with E-state index in [9.17, 15) is 0 Å². The first kappa shape index (κ1) is 11.8. The SMILES string of the molecule is CNC(CCc1ccsc1)c1cscc1C. The third-order valence-electron chi connectivity index (χ3n) is 2.92. The molecule has 2 aromatic heterocycles. The predicted molar refractivity (Wildman–Crippen MR) is 73.5 cm³/mol. The third kappa shape index (κ3) is 2.73. The van der Waals surface area contributed by atoms with Gasteiger partial charge in [-0.15, -0.1) is 0 Å². The van der Waals surface area contributed by atoms with Crippen LogP contribution in [0.3, 0.4) is 0 Å². The van der Waals surface area contributed by atoms with Gasteiger partial charge in [-0.3, -0.25) is 0 Å². The molecule has 3 heteroatoms. The second-order valence-corrected chi connectivity index (χ2v) is 5.55. The van der Waals surface area contributed by atoms with Crippen LogP contribution in [0.15, 0.2) is 27.6 Å². The zero-order chi connectivity index (χ0) is 11.4. The van der Waals surface area contributed by atoms with Crippen LogP contribution in [0.5, 0.6) is 0 Å². The quantitative estimate of drug-likeness (QED) is 0.846. The molecule has 86 valence electrons. The molecule has 2 rings (SSSR count). The Bertz CT molecular complexity index is 417. The molecule has 1 atom stereocenters. The van der Waals surface area contributed by atoms with Gasteiger partial charge in [0.2, 0.25) is 0 Å². The molecule has 0 fully saturated rings. The van der Waals surface area contributed by atoms with Gasteiger partial charge in [-0.05, 0) is 71.1 Å². The molecule has 0 radical (unpaired) electrons. The van der Waals surface area contributed by atoms with Gasteiger partial charge in [0.15, 0.2) is 0 Å². The molecule has 1 nitrogen and oxygen atoms in total. The molecule has 2 aromatic rings. The largest absolute Gasteiger partial charge is 0.313 e. The molecule has 0 aliphatic heterocycles. The molecule has 0 bridgehead atoms. The van der Waals surface area contributed by atoms with Gasteiger partial charge in [0, 0.05) is 6.04 Å². The van der Waals surface area contributed by atoms with Crippen LogP contribution in [0.25, 0.3) is 0 Å². The molecule has 0 saturated carbocycles. The first-order chi connectivity index (χ1) is 7.81. The predicted octanol–water partition coefficient (Wildman–Crippen LogP) is 4.01.